The van der Waals surface area contributed by atoms with Crippen LogP contribution in [-0.4, -0.2) is 39.0 Å². The van der Waals surface area contributed by atoms with Gasteiger partial charge in [0.25, 0.3) is 0 Å². The Morgan fingerprint density at radius 2 is 2.10 bits per heavy atom. The molecule has 1 saturated heterocycles. The fraction of sp³-hybridized carbons (Fsp3) is 0.571. The first kappa shape index (κ1) is 16.2. The van der Waals surface area contributed by atoms with Crippen molar-refractivity contribution in [3.05, 3.63) is 23.5 Å². The van der Waals surface area contributed by atoms with E-state index in [9.17, 15) is 12.8 Å². The van der Waals surface area contributed by atoms with Crippen molar-refractivity contribution >= 4 is 15.7 Å². The van der Waals surface area contributed by atoms with Gasteiger partial charge in [-0.15, -0.1) is 0 Å². The molecule has 21 heavy (non-hydrogen) atoms. The summed E-state index contributed by atoms with van der Waals surface area (Å²) in [5.41, 5.74) is 6.12. The van der Waals surface area contributed by atoms with Crippen molar-refractivity contribution in [1.82, 2.24) is 4.31 Å². The molecule has 0 spiro atoms. The van der Waals surface area contributed by atoms with Crippen molar-refractivity contribution in [3.63, 3.8) is 0 Å². The summed E-state index contributed by atoms with van der Waals surface area (Å²) in [5.74, 6) is -0.467. The van der Waals surface area contributed by atoms with Gasteiger partial charge in [0.05, 0.1) is 6.10 Å². The van der Waals surface area contributed by atoms with Crippen LogP contribution in [0.1, 0.15) is 18.9 Å². The molecule has 7 heteroatoms. The molecular formula is C14H21FN2O3S. The lowest BCUT2D eigenvalue weighted by Gasteiger charge is -2.35. The first-order valence-electron chi connectivity index (χ1n) is 6.86. The SMILES string of the molecule is COC1CN(S(=O)(=O)c2cc(N)cc(C)c2F)CCC1C. The van der Waals surface area contributed by atoms with Crippen molar-refractivity contribution < 1.29 is 17.5 Å². The minimum absolute atomic E-state index is 0.182. The third-order valence-corrected chi connectivity index (χ3v) is 5.88. The minimum Gasteiger partial charge on any atom is -0.399 e. The zero-order chi connectivity index (χ0) is 15.8. The van der Waals surface area contributed by atoms with Gasteiger partial charge in [-0.1, -0.05) is 6.92 Å². The number of rotatable bonds is 3. The fourth-order valence-corrected chi connectivity index (χ4v) is 4.26. The van der Waals surface area contributed by atoms with Crippen molar-refractivity contribution in [1.29, 1.82) is 0 Å². The van der Waals surface area contributed by atoms with E-state index in [1.54, 1.807) is 7.11 Å². The van der Waals surface area contributed by atoms with Crippen LogP contribution >= 0.6 is 0 Å². The molecule has 0 radical (unpaired) electrons. The Bertz CT molecular complexity index is 633. The first-order valence-corrected chi connectivity index (χ1v) is 8.30. The molecule has 0 amide bonds. The standard InChI is InChI=1S/C14H21FN2O3S/c1-9-4-5-17(8-12(9)20-3)21(18,19)13-7-11(16)6-10(2)14(13)15/h6-7,9,12H,4-5,8,16H2,1-3H3. The Hall–Kier alpha value is -1.18. The summed E-state index contributed by atoms with van der Waals surface area (Å²) in [5, 5.41) is 0. The number of methoxy groups -OCH3 is 1. The number of sulfonamides is 1. The summed E-state index contributed by atoms with van der Waals surface area (Å²) >= 11 is 0. The highest BCUT2D eigenvalue weighted by molar-refractivity contribution is 7.89. The number of benzene rings is 1. The molecular weight excluding hydrogens is 295 g/mol. The highest BCUT2D eigenvalue weighted by Crippen LogP contribution is 2.28. The lowest BCUT2D eigenvalue weighted by atomic mass is 9.97. The van der Waals surface area contributed by atoms with Gasteiger partial charge in [-0.05, 0) is 37.0 Å². The molecule has 2 unspecified atom stereocenters. The number of hydrogen-bond acceptors (Lipinski definition) is 4. The molecule has 0 bridgehead atoms. The van der Waals surface area contributed by atoms with Gasteiger partial charge in [0.1, 0.15) is 10.7 Å². The summed E-state index contributed by atoms with van der Waals surface area (Å²) in [6.07, 6.45) is 0.499. The van der Waals surface area contributed by atoms with E-state index in [1.165, 1.54) is 23.4 Å². The Morgan fingerprint density at radius 3 is 2.71 bits per heavy atom. The van der Waals surface area contributed by atoms with Gasteiger partial charge in [0, 0.05) is 25.9 Å². The largest absolute Gasteiger partial charge is 0.399 e. The van der Waals surface area contributed by atoms with Crippen LogP contribution in [0, 0.1) is 18.7 Å². The van der Waals surface area contributed by atoms with Crippen molar-refractivity contribution in [2.45, 2.75) is 31.3 Å². The van der Waals surface area contributed by atoms with E-state index in [4.69, 9.17) is 10.5 Å². The number of nitrogens with two attached hydrogens (primary N) is 1. The predicted molar refractivity (Wildman–Crippen MR) is 78.9 cm³/mol. The molecule has 1 aromatic rings. The normalized spacial score (nSPS) is 24.2. The molecule has 1 heterocycles. The van der Waals surface area contributed by atoms with Crippen molar-refractivity contribution in [2.75, 3.05) is 25.9 Å². The molecule has 1 aromatic carbocycles. The second-order valence-corrected chi connectivity index (χ2v) is 7.46. The monoisotopic (exact) mass is 316 g/mol. The van der Waals surface area contributed by atoms with E-state index in [-0.39, 0.29) is 34.7 Å². The average molecular weight is 316 g/mol. The molecule has 2 atom stereocenters. The maximum atomic E-state index is 14.2. The second kappa shape index (κ2) is 5.90. The minimum atomic E-state index is -3.91. The van der Waals surface area contributed by atoms with E-state index in [2.05, 4.69) is 0 Å². The molecule has 0 aliphatic carbocycles. The molecule has 2 N–H and O–H groups in total. The van der Waals surface area contributed by atoms with E-state index in [0.29, 0.717) is 13.0 Å². The zero-order valence-electron chi connectivity index (χ0n) is 12.5. The van der Waals surface area contributed by atoms with E-state index < -0.39 is 15.8 Å². The highest BCUT2D eigenvalue weighted by atomic mass is 32.2. The topological polar surface area (TPSA) is 72.6 Å². The quantitative estimate of drug-likeness (QED) is 0.863. The Balaban J connectivity index is 2.39. The molecule has 118 valence electrons. The summed E-state index contributed by atoms with van der Waals surface area (Å²) in [4.78, 5) is -0.357. The van der Waals surface area contributed by atoms with Crippen LogP contribution in [0.5, 0.6) is 0 Å². The summed E-state index contributed by atoms with van der Waals surface area (Å²) in [6, 6.07) is 2.60. The van der Waals surface area contributed by atoms with E-state index in [0.717, 1.165) is 0 Å². The van der Waals surface area contributed by atoms with Crippen LogP contribution in [0.3, 0.4) is 0 Å². The van der Waals surface area contributed by atoms with Crippen LogP contribution in [0.25, 0.3) is 0 Å². The van der Waals surface area contributed by atoms with Gasteiger partial charge >= 0.3 is 0 Å². The Morgan fingerprint density at radius 1 is 1.43 bits per heavy atom. The molecule has 0 saturated carbocycles. The molecule has 1 aliphatic rings. The number of nitrogens with zero attached hydrogens (tertiary/aromatic N) is 1. The zero-order valence-corrected chi connectivity index (χ0v) is 13.3. The van der Waals surface area contributed by atoms with E-state index >= 15 is 0 Å². The maximum Gasteiger partial charge on any atom is 0.246 e. The Labute approximate surface area is 124 Å². The summed E-state index contributed by atoms with van der Waals surface area (Å²) < 4.78 is 46.1. The van der Waals surface area contributed by atoms with Crippen LogP contribution in [0.2, 0.25) is 0 Å². The van der Waals surface area contributed by atoms with Gasteiger partial charge in [0.2, 0.25) is 10.0 Å². The van der Waals surface area contributed by atoms with Crippen LogP contribution in [0.4, 0.5) is 10.1 Å². The molecule has 5 nitrogen and oxygen atoms in total. The number of ether oxygens (including phenoxy) is 1. The van der Waals surface area contributed by atoms with Gasteiger partial charge in [-0.2, -0.15) is 4.31 Å². The van der Waals surface area contributed by atoms with Gasteiger partial charge < -0.3 is 10.5 Å². The van der Waals surface area contributed by atoms with Crippen molar-refractivity contribution in [2.24, 2.45) is 5.92 Å². The number of nitrogen functional groups attached to an aromatic ring is 1. The summed E-state index contributed by atoms with van der Waals surface area (Å²) in [6.45, 7) is 4.11. The molecule has 1 aliphatic heterocycles. The molecule has 1 fully saturated rings. The van der Waals surface area contributed by atoms with Gasteiger partial charge in [0.15, 0.2) is 0 Å². The smallest absolute Gasteiger partial charge is 0.246 e. The number of hydrogen-bond donors (Lipinski definition) is 1. The number of anilines is 1. The third-order valence-electron chi connectivity index (χ3n) is 4.02. The predicted octanol–water partition coefficient (Wildman–Crippen LogP) is 1.76. The maximum absolute atomic E-state index is 14.2. The number of aryl methyl sites for hydroxylation is 1. The first-order chi connectivity index (χ1) is 9.77. The molecule has 2 rings (SSSR count). The Kier molecular flexibility index (Phi) is 4.55. The fourth-order valence-electron chi connectivity index (χ4n) is 2.62. The lowest BCUT2D eigenvalue weighted by Crippen LogP contribution is -2.46. The average Bonchev–Trinajstić information content (AvgIpc) is 2.42. The highest BCUT2D eigenvalue weighted by Gasteiger charge is 2.35. The summed E-state index contributed by atoms with van der Waals surface area (Å²) in [7, 11) is -2.35. The number of halogens is 1. The lowest BCUT2D eigenvalue weighted by molar-refractivity contribution is 0.0183. The van der Waals surface area contributed by atoms with Crippen LogP contribution in [-0.2, 0) is 14.8 Å². The van der Waals surface area contributed by atoms with Crippen molar-refractivity contribution in [3.8, 4) is 0 Å². The van der Waals surface area contributed by atoms with Crippen LogP contribution < -0.4 is 5.73 Å². The van der Waals surface area contributed by atoms with E-state index in [1.807, 2.05) is 6.92 Å². The van der Waals surface area contributed by atoms with Crippen LogP contribution in [0.15, 0.2) is 17.0 Å². The van der Waals surface area contributed by atoms with Gasteiger partial charge in [-0.25, -0.2) is 12.8 Å². The molecule has 0 aromatic heterocycles. The second-order valence-electron chi connectivity index (χ2n) is 5.55. The third kappa shape index (κ3) is 3.04. The van der Waals surface area contributed by atoms with Gasteiger partial charge in [-0.3, -0.25) is 0 Å². The number of piperidine rings is 1.